The van der Waals surface area contributed by atoms with Gasteiger partial charge in [-0.2, -0.15) is 0 Å². The first-order valence-corrected chi connectivity index (χ1v) is 9.87. The highest BCUT2D eigenvalue weighted by molar-refractivity contribution is 5.83. The van der Waals surface area contributed by atoms with Crippen molar-refractivity contribution in [2.24, 2.45) is 0 Å². The number of ether oxygens (including phenoxy) is 2. The minimum absolute atomic E-state index is 0.386. The minimum Gasteiger partial charge on any atom is -0.497 e. The number of aliphatic hydroxyl groups excluding tert-OH is 2. The Labute approximate surface area is 178 Å². The number of benzene rings is 1. The quantitative estimate of drug-likeness (QED) is 0.415. The molecule has 11 heteroatoms. The summed E-state index contributed by atoms with van der Waals surface area (Å²) in [5.74, 6) is 0.792. The monoisotopic (exact) mass is 428 g/mol. The number of hydrogen-bond acceptors (Lipinski definition) is 9. The molecule has 164 valence electrons. The van der Waals surface area contributed by atoms with E-state index in [4.69, 9.17) is 9.47 Å². The van der Waals surface area contributed by atoms with E-state index in [1.54, 1.807) is 14.0 Å². The SMILES string of the molecule is CCNC(=O)[C@H]1O[C@@H](n2cnc3c(NCc4ccc(OC)cc4)ncnc32)[C@H](O)[C@@H]1O. The maximum Gasteiger partial charge on any atom is 0.252 e. The fourth-order valence-corrected chi connectivity index (χ4v) is 3.48. The summed E-state index contributed by atoms with van der Waals surface area (Å²) in [5, 5.41) is 26.6. The van der Waals surface area contributed by atoms with Crippen LogP contribution in [0, 0.1) is 0 Å². The number of aromatic nitrogens is 4. The molecule has 1 aromatic carbocycles. The molecule has 0 saturated carbocycles. The van der Waals surface area contributed by atoms with E-state index >= 15 is 0 Å². The molecule has 0 bridgehead atoms. The van der Waals surface area contributed by atoms with E-state index in [9.17, 15) is 15.0 Å². The highest BCUT2D eigenvalue weighted by Gasteiger charge is 2.47. The number of amides is 1. The topological polar surface area (TPSA) is 144 Å². The zero-order valence-corrected chi connectivity index (χ0v) is 17.1. The lowest BCUT2D eigenvalue weighted by atomic mass is 10.1. The Hall–Kier alpha value is -3.28. The van der Waals surface area contributed by atoms with E-state index in [0.717, 1.165) is 11.3 Å². The molecular weight excluding hydrogens is 404 g/mol. The average Bonchev–Trinajstić information content (AvgIpc) is 3.34. The number of carbonyl (C=O) groups excluding carboxylic acids is 1. The van der Waals surface area contributed by atoms with Gasteiger partial charge in [0.25, 0.3) is 5.91 Å². The summed E-state index contributed by atoms with van der Waals surface area (Å²) in [5.41, 5.74) is 1.90. The highest BCUT2D eigenvalue weighted by atomic mass is 16.6. The van der Waals surface area contributed by atoms with Crippen LogP contribution in [0.15, 0.2) is 36.9 Å². The number of carbonyl (C=O) groups is 1. The van der Waals surface area contributed by atoms with Crippen molar-refractivity contribution in [2.45, 2.75) is 38.0 Å². The second kappa shape index (κ2) is 8.84. The second-order valence-corrected chi connectivity index (χ2v) is 7.07. The fraction of sp³-hybridized carbons (Fsp3) is 0.400. The summed E-state index contributed by atoms with van der Waals surface area (Å²) in [7, 11) is 1.61. The number of hydrogen-bond donors (Lipinski definition) is 4. The van der Waals surface area contributed by atoms with Crippen molar-refractivity contribution in [3.8, 4) is 5.75 Å². The van der Waals surface area contributed by atoms with Crippen LogP contribution in [0.25, 0.3) is 11.2 Å². The Kier molecular flexibility index (Phi) is 5.98. The number of nitrogens with one attached hydrogen (secondary N) is 2. The maximum absolute atomic E-state index is 12.1. The Morgan fingerprint density at radius 1 is 1.19 bits per heavy atom. The largest absolute Gasteiger partial charge is 0.497 e. The molecule has 3 aromatic rings. The lowest BCUT2D eigenvalue weighted by molar-refractivity contribution is -0.137. The molecule has 0 radical (unpaired) electrons. The van der Waals surface area contributed by atoms with Gasteiger partial charge in [-0.1, -0.05) is 12.1 Å². The van der Waals surface area contributed by atoms with Gasteiger partial charge in [-0.05, 0) is 24.6 Å². The fourth-order valence-electron chi connectivity index (χ4n) is 3.48. The van der Waals surface area contributed by atoms with E-state index in [-0.39, 0.29) is 0 Å². The molecule has 4 N–H and O–H groups in total. The van der Waals surface area contributed by atoms with Crippen LogP contribution in [0.3, 0.4) is 0 Å². The summed E-state index contributed by atoms with van der Waals surface area (Å²) in [4.78, 5) is 25.0. The molecule has 1 saturated heterocycles. The number of aliphatic hydroxyl groups is 2. The molecular formula is C20H24N6O5. The average molecular weight is 428 g/mol. The van der Waals surface area contributed by atoms with Crippen LogP contribution in [-0.2, 0) is 16.1 Å². The Bertz CT molecular complexity index is 1060. The molecule has 4 rings (SSSR count). The number of fused-ring (bicyclic) bond motifs is 1. The van der Waals surface area contributed by atoms with Crippen LogP contribution in [0.5, 0.6) is 5.75 Å². The van der Waals surface area contributed by atoms with Crippen molar-refractivity contribution in [1.82, 2.24) is 24.8 Å². The van der Waals surface area contributed by atoms with Crippen molar-refractivity contribution in [1.29, 1.82) is 0 Å². The summed E-state index contributed by atoms with van der Waals surface area (Å²) in [6.45, 7) is 2.65. The van der Waals surface area contributed by atoms with E-state index in [0.29, 0.717) is 30.1 Å². The Morgan fingerprint density at radius 3 is 2.68 bits per heavy atom. The van der Waals surface area contributed by atoms with Crippen molar-refractivity contribution in [3.63, 3.8) is 0 Å². The molecule has 0 spiro atoms. The van der Waals surface area contributed by atoms with E-state index < -0.39 is 30.4 Å². The molecule has 1 amide bonds. The van der Waals surface area contributed by atoms with Gasteiger partial charge in [0.15, 0.2) is 29.3 Å². The van der Waals surface area contributed by atoms with Crippen LogP contribution >= 0.6 is 0 Å². The molecule has 11 nitrogen and oxygen atoms in total. The number of methoxy groups -OCH3 is 1. The van der Waals surface area contributed by atoms with E-state index in [2.05, 4.69) is 25.6 Å². The minimum atomic E-state index is -1.37. The molecule has 0 unspecified atom stereocenters. The molecule has 1 aliphatic rings. The molecule has 3 heterocycles. The molecule has 31 heavy (non-hydrogen) atoms. The van der Waals surface area contributed by atoms with Gasteiger partial charge in [-0.25, -0.2) is 15.0 Å². The third kappa shape index (κ3) is 4.02. The van der Waals surface area contributed by atoms with Gasteiger partial charge >= 0.3 is 0 Å². The number of nitrogens with zero attached hydrogens (tertiary/aromatic N) is 4. The lowest BCUT2D eigenvalue weighted by Gasteiger charge is -2.16. The second-order valence-electron chi connectivity index (χ2n) is 7.07. The standard InChI is InChI=1S/C20H24N6O5/c1-3-21-19(29)16-14(27)15(28)20(31-16)26-10-25-13-17(23-9-24-18(13)26)22-8-11-4-6-12(30-2)7-5-11/h4-7,9-10,14-16,20,27-28H,3,8H2,1-2H3,(H,21,29)(H,22,23,24)/t14-,15+,16-,20+/m0/s1. The summed E-state index contributed by atoms with van der Waals surface area (Å²) in [6, 6.07) is 7.62. The normalized spacial score (nSPS) is 23.1. The van der Waals surface area contributed by atoms with Crippen LogP contribution in [-0.4, -0.2) is 67.6 Å². The van der Waals surface area contributed by atoms with Gasteiger partial charge in [0, 0.05) is 13.1 Å². The molecule has 4 atom stereocenters. The van der Waals surface area contributed by atoms with Gasteiger partial charge in [0.1, 0.15) is 24.3 Å². The maximum atomic E-state index is 12.1. The van der Waals surface area contributed by atoms with Gasteiger partial charge in [-0.15, -0.1) is 0 Å². The van der Waals surface area contributed by atoms with E-state index in [1.165, 1.54) is 17.2 Å². The summed E-state index contributed by atoms with van der Waals surface area (Å²) >= 11 is 0. The van der Waals surface area contributed by atoms with Crippen molar-refractivity contribution in [2.75, 3.05) is 19.0 Å². The molecule has 0 aliphatic carbocycles. The van der Waals surface area contributed by atoms with Crippen LogP contribution in [0.1, 0.15) is 18.7 Å². The van der Waals surface area contributed by atoms with Gasteiger partial charge in [0.05, 0.1) is 13.4 Å². The zero-order valence-electron chi connectivity index (χ0n) is 17.1. The zero-order chi connectivity index (χ0) is 22.0. The number of imidazole rings is 1. The van der Waals surface area contributed by atoms with E-state index in [1.807, 2.05) is 24.3 Å². The van der Waals surface area contributed by atoms with Crippen LogP contribution < -0.4 is 15.4 Å². The summed E-state index contributed by atoms with van der Waals surface area (Å²) < 4.78 is 12.3. The number of likely N-dealkylation sites (N-methyl/N-ethyl adjacent to an activating group) is 1. The third-order valence-electron chi connectivity index (χ3n) is 5.10. The van der Waals surface area contributed by atoms with Crippen LogP contribution in [0.4, 0.5) is 5.82 Å². The molecule has 1 fully saturated rings. The summed E-state index contributed by atoms with van der Waals surface area (Å²) in [6.07, 6.45) is -2.09. The van der Waals surface area contributed by atoms with Crippen LogP contribution in [0.2, 0.25) is 0 Å². The Morgan fingerprint density at radius 2 is 1.97 bits per heavy atom. The first kappa shape index (κ1) is 21.0. The van der Waals surface area contributed by atoms with Crippen molar-refractivity contribution in [3.05, 3.63) is 42.5 Å². The lowest BCUT2D eigenvalue weighted by Crippen LogP contribution is -2.42. The van der Waals surface area contributed by atoms with Crippen molar-refractivity contribution < 1.29 is 24.5 Å². The predicted octanol–water partition coefficient (Wildman–Crippen LogP) is 0.202. The smallest absolute Gasteiger partial charge is 0.252 e. The highest BCUT2D eigenvalue weighted by Crippen LogP contribution is 2.32. The van der Waals surface area contributed by atoms with Gasteiger partial charge in [0.2, 0.25) is 0 Å². The Balaban J connectivity index is 1.55. The predicted molar refractivity (Wildman–Crippen MR) is 110 cm³/mol. The van der Waals surface area contributed by atoms with Crippen molar-refractivity contribution >= 4 is 22.9 Å². The van der Waals surface area contributed by atoms with Gasteiger partial charge in [-0.3, -0.25) is 9.36 Å². The first-order valence-electron chi connectivity index (χ1n) is 9.87. The third-order valence-corrected chi connectivity index (χ3v) is 5.10. The molecule has 1 aliphatic heterocycles. The molecule has 2 aromatic heterocycles. The van der Waals surface area contributed by atoms with Gasteiger partial charge < -0.3 is 30.3 Å². The number of rotatable bonds is 7. The first-order chi connectivity index (χ1) is 15.0. The number of anilines is 1.